The number of carbonyl (C=O) groups excluding carboxylic acids is 2. The van der Waals surface area contributed by atoms with Crippen LogP contribution in [0.1, 0.15) is 33.1 Å². The molecule has 0 N–H and O–H groups in total. The third-order valence-corrected chi connectivity index (χ3v) is 2.96. The van der Waals surface area contributed by atoms with Gasteiger partial charge in [0, 0.05) is 0 Å². The lowest BCUT2D eigenvalue weighted by Crippen LogP contribution is -2.36. The molecule has 0 heterocycles. The molecule has 0 radical (unpaired) electrons. The number of isocyanates is 2. The Morgan fingerprint density at radius 2 is 1.86 bits per heavy atom. The van der Waals surface area contributed by atoms with Crippen molar-refractivity contribution in [2.45, 2.75) is 45.2 Å². The molecule has 0 aliphatic heterocycles. The molecule has 1 saturated carbocycles. The SMILES string of the molecule is CC1(C)CCC(N=C=O)CC1N=C=O. The number of rotatable bonds is 2. The summed E-state index contributed by atoms with van der Waals surface area (Å²) in [5.41, 5.74) is 0.00626. The second-order valence-corrected chi connectivity index (χ2v) is 4.37. The van der Waals surface area contributed by atoms with E-state index >= 15 is 0 Å². The summed E-state index contributed by atoms with van der Waals surface area (Å²) < 4.78 is 0. The zero-order valence-corrected chi connectivity index (χ0v) is 8.49. The van der Waals surface area contributed by atoms with Gasteiger partial charge in [-0.2, -0.15) is 0 Å². The Labute approximate surface area is 83.1 Å². The molecule has 0 aromatic carbocycles. The van der Waals surface area contributed by atoms with Crippen LogP contribution < -0.4 is 0 Å². The lowest BCUT2D eigenvalue weighted by Gasteiger charge is -2.37. The fourth-order valence-corrected chi connectivity index (χ4v) is 1.88. The van der Waals surface area contributed by atoms with Crippen LogP contribution in [0.4, 0.5) is 0 Å². The molecule has 4 heteroatoms. The van der Waals surface area contributed by atoms with Gasteiger partial charge < -0.3 is 0 Å². The molecule has 0 amide bonds. The third-order valence-electron chi connectivity index (χ3n) is 2.96. The fourth-order valence-electron chi connectivity index (χ4n) is 1.88. The number of hydrogen-bond acceptors (Lipinski definition) is 4. The van der Waals surface area contributed by atoms with E-state index in [1.807, 2.05) is 0 Å². The van der Waals surface area contributed by atoms with Gasteiger partial charge in [0.05, 0.1) is 12.1 Å². The average Bonchev–Trinajstić information content (AvgIpc) is 2.12. The fraction of sp³-hybridized carbons (Fsp3) is 0.800. The van der Waals surface area contributed by atoms with Crippen molar-refractivity contribution in [3.8, 4) is 0 Å². The largest absolute Gasteiger partial charge is 0.235 e. The van der Waals surface area contributed by atoms with Crippen LogP contribution in [-0.4, -0.2) is 24.2 Å². The molecule has 76 valence electrons. The molecule has 0 aromatic heterocycles. The first-order chi connectivity index (χ1) is 6.60. The van der Waals surface area contributed by atoms with Gasteiger partial charge in [-0.15, -0.1) is 0 Å². The van der Waals surface area contributed by atoms with Gasteiger partial charge in [-0.05, 0) is 24.7 Å². The highest BCUT2D eigenvalue weighted by Gasteiger charge is 2.36. The zero-order chi connectivity index (χ0) is 10.6. The van der Waals surface area contributed by atoms with Gasteiger partial charge in [0.15, 0.2) is 0 Å². The molecule has 0 saturated heterocycles. The lowest BCUT2D eigenvalue weighted by molar-refractivity contribution is 0.187. The quantitative estimate of drug-likeness (QED) is 0.495. The highest BCUT2D eigenvalue weighted by molar-refractivity contribution is 5.35. The molecule has 1 aliphatic carbocycles. The van der Waals surface area contributed by atoms with Crippen LogP contribution in [0.15, 0.2) is 9.98 Å². The molecule has 4 nitrogen and oxygen atoms in total. The Balaban J connectivity index is 2.76. The van der Waals surface area contributed by atoms with E-state index in [-0.39, 0.29) is 17.5 Å². The van der Waals surface area contributed by atoms with Crippen LogP contribution in [0.5, 0.6) is 0 Å². The standard InChI is InChI=1S/C10H14N2O2/c1-10(2)4-3-8(11-6-13)5-9(10)12-7-14/h8-9H,3-5H2,1-2H3. The minimum Gasteiger partial charge on any atom is -0.211 e. The van der Waals surface area contributed by atoms with Crippen molar-refractivity contribution in [1.82, 2.24) is 0 Å². The highest BCUT2D eigenvalue weighted by Crippen LogP contribution is 2.38. The maximum absolute atomic E-state index is 10.2. The summed E-state index contributed by atoms with van der Waals surface area (Å²) in [6, 6.07) is -0.0986. The van der Waals surface area contributed by atoms with E-state index in [4.69, 9.17) is 0 Å². The maximum atomic E-state index is 10.2. The first kappa shape index (κ1) is 10.8. The molecule has 14 heavy (non-hydrogen) atoms. The van der Waals surface area contributed by atoms with Gasteiger partial charge in [-0.25, -0.2) is 19.6 Å². The first-order valence-electron chi connectivity index (χ1n) is 4.74. The second kappa shape index (κ2) is 4.32. The summed E-state index contributed by atoms with van der Waals surface area (Å²) in [6.45, 7) is 4.14. The van der Waals surface area contributed by atoms with Gasteiger partial charge in [0.25, 0.3) is 0 Å². The van der Waals surface area contributed by atoms with Gasteiger partial charge in [0.2, 0.25) is 12.2 Å². The summed E-state index contributed by atoms with van der Waals surface area (Å²) in [5, 5.41) is 0. The van der Waals surface area contributed by atoms with Crippen LogP contribution in [0.25, 0.3) is 0 Å². The third kappa shape index (κ3) is 2.38. The molecule has 1 aliphatic rings. The Kier molecular flexibility index (Phi) is 3.34. The molecule has 1 rings (SSSR count). The Morgan fingerprint density at radius 3 is 2.43 bits per heavy atom. The molecule has 0 aromatic rings. The smallest absolute Gasteiger partial charge is 0.211 e. The van der Waals surface area contributed by atoms with E-state index in [0.717, 1.165) is 12.8 Å². The zero-order valence-electron chi connectivity index (χ0n) is 8.49. The summed E-state index contributed by atoms with van der Waals surface area (Å²) in [5.74, 6) is 0. The van der Waals surface area contributed by atoms with Crippen LogP contribution in [-0.2, 0) is 9.59 Å². The maximum Gasteiger partial charge on any atom is 0.235 e. The van der Waals surface area contributed by atoms with Crippen LogP contribution >= 0.6 is 0 Å². The van der Waals surface area contributed by atoms with Gasteiger partial charge in [-0.1, -0.05) is 13.8 Å². The number of hydrogen-bond donors (Lipinski definition) is 0. The van der Waals surface area contributed by atoms with Gasteiger partial charge in [0.1, 0.15) is 0 Å². The lowest BCUT2D eigenvalue weighted by atomic mass is 9.72. The van der Waals surface area contributed by atoms with Crippen molar-refractivity contribution in [2.75, 3.05) is 0 Å². The predicted molar refractivity (Wildman–Crippen MR) is 51.5 cm³/mol. The molecule has 2 unspecified atom stereocenters. The van der Waals surface area contributed by atoms with Crippen molar-refractivity contribution in [2.24, 2.45) is 15.4 Å². The average molecular weight is 194 g/mol. The monoisotopic (exact) mass is 194 g/mol. The minimum atomic E-state index is -0.0733. The normalized spacial score (nSPS) is 29.9. The molecule has 0 spiro atoms. The van der Waals surface area contributed by atoms with Gasteiger partial charge >= 0.3 is 0 Å². The number of aliphatic imine (C=N–C) groups is 2. The Morgan fingerprint density at radius 1 is 1.21 bits per heavy atom. The molecule has 0 bridgehead atoms. The summed E-state index contributed by atoms with van der Waals surface area (Å²) >= 11 is 0. The van der Waals surface area contributed by atoms with Crippen molar-refractivity contribution >= 4 is 12.2 Å². The number of nitrogens with zero attached hydrogens (tertiary/aromatic N) is 2. The van der Waals surface area contributed by atoms with E-state index in [1.54, 1.807) is 12.2 Å². The Bertz CT molecular complexity index is 299. The summed E-state index contributed by atoms with van der Waals surface area (Å²) in [4.78, 5) is 27.8. The first-order valence-corrected chi connectivity index (χ1v) is 4.74. The second-order valence-electron chi connectivity index (χ2n) is 4.37. The van der Waals surface area contributed by atoms with Crippen molar-refractivity contribution in [3.05, 3.63) is 0 Å². The van der Waals surface area contributed by atoms with E-state index in [1.165, 1.54) is 0 Å². The Hall–Kier alpha value is -1.24. The van der Waals surface area contributed by atoms with Crippen molar-refractivity contribution in [1.29, 1.82) is 0 Å². The molecule has 1 fully saturated rings. The minimum absolute atomic E-state index is 0.00626. The van der Waals surface area contributed by atoms with Gasteiger partial charge in [-0.3, -0.25) is 0 Å². The van der Waals surface area contributed by atoms with E-state index < -0.39 is 0 Å². The highest BCUT2D eigenvalue weighted by atomic mass is 16.1. The molecule has 2 atom stereocenters. The summed E-state index contributed by atoms with van der Waals surface area (Å²) in [7, 11) is 0. The molecular formula is C10H14N2O2. The summed E-state index contributed by atoms with van der Waals surface area (Å²) in [6.07, 6.45) is 5.59. The van der Waals surface area contributed by atoms with Crippen LogP contribution in [0, 0.1) is 5.41 Å². The molecular weight excluding hydrogens is 180 g/mol. The predicted octanol–water partition coefficient (Wildman–Crippen LogP) is 1.61. The van der Waals surface area contributed by atoms with E-state index in [9.17, 15) is 9.59 Å². The van der Waals surface area contributed by atoms with Crippen LogP contribution in [0.3, 0.4) is 0 Å². The van der Waals surface area contributed by atoms with Crippen LogP contribution in [0.2, 0.25) is 0 Å². The van der Waals surface area contributed by atoms with E-state index in [2.05, 4.69) is 23.8 Å². The van der Waals surface area contributed by atoms with Crippen molar-refractivity contribution in [3.63, 3.8) is 0 Å². The topological polar surface area (TPSA) is 58.9 Å². The van der Waals surface area contributed by atoms with Crippen molar-refractivity contribution < 1.29 is 9.59 Å². The van der Waals surface area contributed by atoms with E-state index in [0.29, 0.717) is 6.42 Å².